The number of nitrogens with one attached hydrogen (secondary N) is 1. The maximum absolute atomic E-state index is 12.9. The van der Waals surface area contributed by atoms with Crippen molar-refractivity contribution in [3.8, 4) is 0 Å². The molecule has 3 rings (SSSR count). The van der Waals surface area contributed by atoms with E-state index in [4.69, 9.17) is 4.42 Å². The van der Waals surface area contributed by atoms with Gasteiger partial charge in [0.2, 0.25) is 11.8 Å². The van der Waals surface area contributed by atoms with Gasteiger partial charge < -0.3 is 19.5 Å². The lowest BCUT2D eigenvalue weighted by molar-refractivity contribution is -0.120. The van der Waals surface area contributed by atoms with Gasteiger partial charge in [-0.05, 0) is 37.0 Å². The van der Waals surface area contributed by atoms with E-state index in [1.54, 1.807) is 0 Å². The van der Waals surface area contributed by atoms with Crippen molar-refractivity contribution in [2.75, 3.05) is 31.1 Å². The summed E-state index contributed by atoms with van der Waals surface area (Å²) in [5.74, 6) is 0.178. The molecule has 2 amide bonds. The minimum Gasteiger partial charge on any atom is -0.446 e. The van der Waals surface area contributed by atoms with E-state index in [-0.39, 0.29) is 29.5 Å². The van der Waals surface area contributed by atoms with Crippen LogP contribution >= 0.6 is 0 Å². The number of carbonyl (C=O) groups is 2. The molecular weight excluding hydrogens is 368 g/mol. The lowest BCUT2D eigenvalue weighted by Crippen LogP contribution is -2.49. The molecule has 0 unspecified atom stereocenters. The molecular formula is C22H30N4O3. The molecule has 0 spiro atoms. The summed E-state index contributed by atoms with van der Waals surface area (Å²) in [5.41, 5.74) is 4.00. The summed E-state index contributed by atoms with van der Waals surface area (Å²) in [4.78, 5) is 32.9. The largest absolute Gasteiger partial charge is 0.446 e. The van der Waals surface area contributed by atoms with Gasteiger partial charge in [-0.2, -0.15) is 0 Å². The number of hydrogen-bond acceptors (Lipinski definition) is 5. The van der Waals surface area contributed by atoms with Crippen molar-refractivity contribution in [1.29, 1.82) is 0 Å². The van der Waals surface area contributed by atoms with Crippen molar-refractivity contribution < 1.29 is 14.0 Å². The molecule has 2 heterocycles. The van der Waals surface area contributed by atoms with Crippen molar-refractivity contribution in [3.05, 3.63) is 47.2 Å². The Bertz CT molecular complexity index is 882. The molecule has 0 bridgehead atoms. The van der Waals surface area contributed by atoms with Crippen LogP contribution in [0.5, 0.6) is 0 Å². The van der Waals surface area contributed by atoms with E-state index in [1.807, 2.05) is 18.7 Å². The van der Waals surface area contributed by atoms with E-state index in [1.165, 1.54) is 30.0 Å². The van der Waals surface area contributed by atoms with Crippen LogP contribution in [-0.2, 0) is 4.79 Å². The van der Waals surface area contributed by atoms with Gasteiger partial charge >= 0.3 is 0 Å². The van der Waals surface area contributed by atoms with E-state index in [0.29, 0.717) is 19.0 Å². The van der Waals surface area contributed by atoms with Crippen molar-refractivity contribution in [1.82, 2.24) is 15.2 Å². The monoisotopic (exact) mass is 398 g/mol. The van der Waals surface area contributed by atoms with Gasteiger partial charge in [-0.25, -0.2) is 4.98 Å². The molecule has 2 aromatic rings. The van der Waals surface area contributed by atoms with Gasteiger partial charge in [0.1, 0.15) is 12.3 Å². The SMILES string of the molecule is CC(=O)N[C@H](c1nc(C(=O)N2CCN(c3cc(C)ccc3C)CC2)co1)C(C)C. The molecule has 7 heteroatoms. The Labute approximate surface area is 172 Å². The van der Waals surface area contributed by atoms with Gasteiger partial charge in [0.05, 0.1) is 0 Å². The van der Waals surface area contributed by atoms with Crippen molar-refractivity contribution >= 4 is 17.5 Å². The quantitative estimate of drug-likeness (QED) is 0.837. The molecule has 1 aromatic heterocycles. The fraction of sp³-hybridized carbons (Fsp3) is 0.500. The Morgan fingerprint density at radius 3 is 2.45 bits per heavy atom. The number of oxazole rings is 1. The molecule has 29 heavy (non-hydrogen) atoms. The first-order valence-corrected chi connectivity index (χ1v) is 10.1. The highest BCUT2D eigenvalue weighted by molar-refractivity contribution is 5.92. The van der Waals surface area contributed by atoms with Gasteiger partial charge in [0.15, 0.2) is 5.69 Å². The van der Waals surface area contributed by atoms with E-state index < -0.39 is 0 Å². The highest BCUT2D eigenvalue weighted by Gasteiger charge is 2.28. The molecule has 1 fully saturated rings. The third-order valence-electron chi connectivity index (χ3n) is 5.30. The number of hydrogen-bond donors (Lipinski definition) is 1. The average Bonchev–Trinajstić information content (AvgIpc) is 3.17. The smallest absolute Gasteiger partial charge is 0.275 e. The van der Waals surface area contributed by atoms with Crippen molar-refractivity contribution in [3.63, 3.8) is 0 Å². The van der Waals surface area contributed by atoms with Crippen LogP contribution in [0.25, 0.3) is 0 Å². The molecule has 0 aliphatic carbocycles. The molecule has 0 radical (unpaired) electrons. The zero-order chi connectivity index (χ0) is 21.1. The molecule has 156 valence electrons. The number of aromatic nitrogens is 1. The maximum atomic E-state index is 12.9. The second-order valence-corrected chi connectivity index (χ2v) is 8.06. The first-order valence-electron chi connectivity index (χ1n) is 10.1. The van der Waals surface area contributed by atoms with Crippen LogP contribution in [0.2, 0.25) is 0 Å². The van der Waals surface area contributed by atoms with Crippen molar-refractivity contribution in [2.24, 2.45) is 5.92 Å². The normalized spacial score (nSPS) is 15.5. The summed E-state index contributed by atoms with van der Waals surface area (Å²) in [7, 11) is 0. The van der Waals surface area contributed by atoms with Gasteiger partial charge in [-0.15, -0.1) is 0 Å². The van der Waals surface area contributed by atoms with Crippen LogP contribution < -0.4 is 10.2 Å². The molecule has 1 N–H and O–H groups in total. The van der Waals surface area contributed by atoms with Crippen LogP contribution in [-0.4, -0.2) is 47.9 Å². The summed E-state index contributed by atoms with van der Waals surface area (Å²) < 4.78 is 5.54. The molecule has 7 nitrogen and oxygen atoms in total. The highest BCUT2D eigenvalue weighted by atomic mass is 16.3. The number of nitrogens with zero attached hydrogens (tertiary/aromatic N) is 3. The number of benzene rings is 1. The lowest BCUT2D eigenvalue weighted by atomic mass is 10.0. The summed E-state index contributed by atoms with van der Waals surface area (Å²) >= 11 is 0. The van der Waals surface area contributed by atoms with E-state index in [0.717, 1.165) is 13.1 Å². The van der Waals surface area contributed by atoms with Crippen LogP contribution in [0.4, 0.5) is 5.69 Å². The molecule has 1 saturated heterocycles. The number of aryl methyl sites for hydroxylation is 2. The maximum Gasteiger partial charge on any atom is 0.275 e. The van der Waals surface area contributed by atoms with Crippen LogP contribution in [0.1, 0.15) is 54.3 Å². The Balaban J connectivity index is 1.66. The number of amides is 2. The number of rotatable bonds is 5. The topological polar surface area (TPSA) is 78.7 Å². The summed E-state index contributed by atoms with van der Waals surface area (Å²) in [6.45, 7) is 12.4. The average molecular weight is 399 g/mol. The van der Waals surface area contributed by atoms with E-state index >= 15 is 0 Å². The summed E-state index contributed by atoms with van der Waals surface area (Å²) in [6.07, 6.45) is 1.39. The third kappa shape index (κ3) is 4.78. The molecule has 1 aliphatic rings. The molecule has 1 aliphatic heterocycles. The number of anilines is 1. The van der Waals surface area contributed by atoms with Gasteiger partial charge in [-0.3, -0.25) is 9.59 Å². The van der Waals surface area contributed by atoms with Crippen molar-refractivity contribution in [2.45, 2.75) is 40.7 Å². The summed E-state index contributed by atoms with van der Waals surface area (Å²) in [6, 6.07) is 6.10. The van der Waals surface area contributed by atoms with Gasteiger partial charge in [-0.1, -0.05) is 26.0 Å². The predicted molar refractivity (Wildman–Crippen MR) is 112 cm³/mol. The van der Waals surface area contributed by atoms with Gasteiger partial charge in [0, 0.05) is 38.8 Å². The standard InChI is InChI=1S/C22H30N4O3/c1-14(2)20(23-17(5)27)21-24-18(13-29-21)22(28)26-10-8-25(9-11-26)19-12-15(3)6-7-16(19)4/h6-7,12-14,20H,8-11H2,1-5H3,(H,23,27)/t20-/m0/s1. The highest BCUT2D eigenvalue weighted by Crippen LogP contribution is 2.24. The second kappa shape index (κ2) is 8.68. The zero-order valence-corrected chi connectivity index (χ0v) is 17.9. The third-order valence-corrected chi connectivity index (χ3v) is 5.30. The van der Waals surface area contributed by atoms with Crippen LogP contribution in [0.3, 0.4) is 0 Å². The lowest BCUT2D eigenvalue weighted by Gasteiger charge is -2.36. The van der Waals surface area contributed by atoms with Crippen LogP contribution in [0, 0.1) is 19.8 Å². The Morgan fingerprint density at radius 1 is 1.14 bits per heavy atom. The first kappa shape index (κ1) is 20.9. The zero-order valence-electron chi connectivity index (χ0n) is 17.9. The first-order chi connectivity index (χ1) is 13.8. The predicted octanol–water partition coefficient (Wildman–Crippen LogP) is 3.09. The Hall–Kier alpha value is -2.83. The Morgan fingerprint density at radius 2 is 1.83 bits per heavy atom. The number of piperazine rings is 1. The molecule has 1 aromatic carbocycles. The fourth-order valence-electron chi connectivity index (χ4n) is 3.63. The van der Waals surface area contributed by atoms with E-state index in [9.17, 15) is 9.59 Å². The second-order valence-electron chi connectivity index (χ2n) is 8.06. The fourth-order valence-corrected chi connectivity index (χ4v) is 3.63. The van der Waals surface area contributed by atoms with Crippen LogP contribution in [0.15, 0.2) is 28.9 Å². The Kier molecular flexibility index (Phi) is 6.25. The van der Waals surface area contributed by atoms with Gasteiger partial charge in [0.25, 0.3) is 5.91 Å². The van der Waals surface area contributed by atoms with E-state index in [2.05, 4.69) is 47.2 Å². The molecule has 0 saturated carbocycles. The minimum atomic E-state index is -0.352. The summed E-state index contributed by atoms with van der Waals surface area (Å²) in [5, 5.41) is 2.83. The minimum absolute atomic E-state index is 0.0987. The molecule has 1 atom stereocenters. The number of carbonyl (C=O) groups excluding carboxylic acids is 2.